The fourth-order valence-electron chi connectivity index (χ4n) is 3.79. The number of likely N-dealkylation sites (tertiary alicyclic amines) is 1. The van der Waals surface area contributed by atoms with Gasteiger partial charge >= 0.3 is 0 Å². The maximum atomic E-state index is 3.58. The molecule has 4 rings (SSSR count). The van der Waals surface area contributed by atoms with Crippen molar-refractivity contribution in [1.29, 1.82) is 0 Å². The van der Waals surface area contributed by atoms with E-state index in [4.69, 9.17) is 0 Å². The topological polar surface area (TPSA) is 20.2 Å². The number of fused-ring (bicyclic) bond motifs is 1. The number of aryl methyl sites for hydroxylation is 1. The van der Waals surface area contributed by atoms with Crippen LogP contribution in [-0.4, -0.2) is 18.1 Å². The first-order chi connectivity index (χ1) is 10.3. The van der Waals surface area contributed by atoms with Crippen LogP contribution in [0.4, 0.5) is 0 Å². The molecule has 1 fully saturated rings. The molecule has 1 aliphatic heterocycles. The molecule has 1 aromatic carbocycles. The van der Waals surface area contributed by atoms with Gasteiger partial charge in [-0.15, -0.1) is 11.3 Å². The van der Waals surface area contributed by atoms with Crippen LogP contribution in [0.3, 0.4) is 0 Å². The molecule has 2 N–H and O–H groups in total. The highest BCUT2D eigenvalue weighted by molar-refractivity contribution is 7.10. The van der Waals surface area contributed by atoms with Gasteiger partial charge in [-0.25, -0.2) is 0 Å². The molecule has 2 nitrogen and oxygen atoms in total. The van der Waals surface area contributed by atoms with Crippen LogP contribution >= 0.6 is 11.3 Å². The number of hydrogen-bond donors (Lipinski definition) is 2. The summed E-state index contributed by atoms with van der Waals surface area (Å²) in [6.07, 6.45) is 2.72. The summed E-state index contributed by atoms with van der Waals surface area (Å²) in [6, 6.07) is 13.7. The minimum atomic E-state index is 0.489. The van der Waals surface area contributed by atoms with Crippen molar-refractivity contribution in [3.8, 4) is 0 Å². The highest BCUT2D eigenvalue weighted by Crippen LogP contribution is 2.32. The average molecular weight is 297 g/mol. The van der Waals surface area contributed by atoms with E-state index in [0.29, 0.717) is 6.04 Å². The van der Waals surface area contributed by atoms with Crippen molar-refractivity contribution in [3.05, 3.63) is 57.9 Å². The third-order valence-corrected chi connectivity index (χ3v) is 5.65. The number of quaternary nitrogens is 1. The highest BCUT2D eigenvalue weighted by Gasteiger charge is 2.32. The molecular weight excluding hydrogens is 276 g/mol. The molecule has 0 spiro atoms. The molecule has 0 unspecified atom stereocenters. The summed E-state index contributed by atoms with van der Waals surface area (Å²) in [5.41, 5.74) is 4.10. The van der Waals surface area contributed by atoms with Gasteiger partial charge in [0.15, 0.2) is 6.04 Å². The molecule has 1 saturated heterocycles. The Labute approximate surface area is 129 Å². The molecule has 0 bridgehead atoms. The lowest BCUT2D eigenvalue weighted by Gasteiger charge is -2.24. The van der Waals surface area contributed by atoms with Gasteiger partial charge in [0.2, 0.25) is 0 Å². The van der Waals surface area contributed by atoms with Crippen LogP contribution in [0.25, 0.3) is 10.9 Å². The minimum absolute atomic E-state index is 0.489. The number of H-pyrrole nitrogens is 1. The Bertz CT molecular complexity index is 736. The average Bonchev–Trinajstić information content (AvgIpc) is 3.22. The number of nitrogens with one attached hydrogen (secondary N) is 2. The van der Waals surface area contributed by atoms with Gasteiger partial charge in [0.05, 0.1) is 18.0 Å². The number of aromatic amines is 1. The molecule has 0 aliphatic carbocycles. The van der Waals surface area contributed by atoms with Crippen molar-refractivity contribution in [2.45, 2.75) is 25.8 Å². The molecule has 1 atom stereocenters. The number of benzene rings is 1. The van der Waals surface area contributed by atoms with Crippen molar-refractivity contribution in [1.82, 2.24) is 4.98 Å². The monoisotopic (exact) mass is 297 g/mol. The Morgan fingerprint density at radius 1 is 1.10 bits per heavy atom. The van der Waals surface area contributed by atoms with E-state index < -0.39 is 0 Å². The van der Waals surface area contributed by atoms with E-state index in [2.05, 4.69) is 53.7 Å². The van der Waals surface area contributed by atoms with E-state index in [9.17, 15) is 0 Å². The molecular formula is C18H21N2S+. The van der Waals surface area contributed by atoms with Gasteiger partial charge < -0.3 is 9.88 Å². The Morgan fingerprint density at radius 2 is 1.90 bits per heavy atom. The summed E-state index contributed by atoms with van der Waals surface area (Å²) in [6.45, 7) is 4.81. The highest BCUT2D eigenvalue weighted by atomic mass is 32.1. The summed E-state index contributed by atoms with van der Waals surface area (Å²) < 4.78 is 0. The number of hydrogen-bond acceptors (Lipinski definition) is 1. The quantitative estimate of drug-likeness (QED) is 0.740. The van der Waals surface area contributed by atoms with Gasteiger partial charge in [-0.1, -0.05) is 24.3 Å². The number of aromatic nitrogens is 1. The third kappa shape index (κ3) is 2.21. The minimum Gasteiger partial charge on any atom is -0.358 e. The van der Waals surface area contributed by atoms with Gasteiger partial charge in [-0.05, 0) is 24.4 Å². The molecule has 3 aromatic rings. The van der Waals surface area contributed by atoms with Gasteiger partial charge in [0.25, 0.3) is 0 Å². The molecule has 2 aromatic heterocycles. The standard InChI is InChI=1S/C18H20N2S/c1-13-17(14-7-2-3-8-15(14)19-13)18(16-9-6-12-21-16)20-10-4-5-11-20/h2-3,6-9,12,18-19H,4-5,10-11H2,1H3/p+1/t18-/m1/s1. The zero-order chi connectivity index (χ0) is 14.2. The van der Waals surface area contributed by atoms with Crippen molar-refractivity contribution >= 4 is 22.2 Å². The first-order valence-corrected chi connectivity index (χ1v) is 8.68. The third-order valence-electron chi connectivity index (χ3n) is 4.71. The van der Waals surface area contributed by atoms with Gasteiger partial charge in [0, 0.05) is 35.0 Å². The van der Waals surface area contributed by atoms with Gasteiger partial charge in [-0.2, -0.15) is 0 Å². The predicted octanol–water partition coefficient (Wildman–Crippen LogP) is 3.31. The second-order valence-corrected chi connectivity index (χ2v) is 7.00. The van der Waals surface area contributed by atoms with Crippen LogP contribution in [0.1, 0.15) is 35.0 Å². The summed E-state index contributed by atoms with van der Waals surface area (Å²) in [5.74, 6) is 0. The molecule has 3 heterocycles. The fourth-order valence-corrected chi connectivity index (χ4v) is 4.68. The van der Waals surface area contributed by atoms with E-state index >= 15 is 0 Å². The first kappa shape index (κ1) is 13.1. The summed E-state index contributed by atoms with van der Waals surface area (Å²) in [7, 11) is 0. The molecule has 1 aliphatic rings. The Morgan fingerprint density at radius 3 is 2.67 bits per heavy atom. The molecule has 0 radical (unpaired) electrons. The lowest BCUT2D eigenvalue weighted by Crippen LogP contribution is -3.10. The lowest BCUT2D eigenvalue weighted by atomic mass is 10.0. The SMILES string of the molecule is Cc1[nH]c2ccccc2c1[C@@H](c1cccs1)[NH+]1CCCC1. The van der Waals surface area contributed by atoms with Crippen LogP contribution in [0.15, 0.2) is 41.8 Å². The zero-order valence-corrected chi connectivity index (χ0v) is 13.2. The van der Waals surface area contributed by atoms with Crippen LogP contribution < -0.4 is 4.90 Å². The maximum Gasteiger partial charge on any atom is 0.150 e. The second kappa shape index (κ2) is 5.32. The van der Waals surface area contributed by atoms with Crippen molar-refractivity contribution in [2.75, 3.05) is 13.1 Å². The maximum absolute atomic E-state index is 3.58. The van der Waals surface area contributed by atoms with E-state index in [-0.39, 0.29) is 0 Å². The fraction of sp³-hybridized carbons (Fsp3) is 0.333. The molecule has 0 amide bonds. The van der Waals surface area contributed by atoms with Crippen molar-refractivity contribution in [3.63, 3.8) is 0 Å². The summed E-state index contributed by atoms with van der Waals surface area (Å²) in [4.78, 5) is 6.81. The normalized spacial score (nSPS) is 17.6. The van der Waals surface area contributed by atoms with Gasteiger partial charge in [-0.3, -0.25) is 0 Å². The lowest BCUT2D eigenvalue weighted by molar-refractivity contribution is -0.913. The number of rotatable bonds is 3. The van der Waals surface area contributed by atoms with E-state index in [1.807, 2.05) is 11.3 Å². The first-order valence-electron chi connectivity index (χ1n) is 7.80. The number of thiophene rings is 1. The summed E-state index contributed by atoms with van der Waals surface area (Å²) in [5, 5.41) is 3.61. The van der Waals surface area contributed by atoms with E-state index in [1.54, 1.807) is 4.90 Å². The Balaban J connectivity index is 1.90. The second-order valence-electron chi connectivity index (χ2n) is 6.02. The Hall–Kier alpha value is -1.58. The summed E-state index contributed by atoms with van der Waals surface area (Å²) >= 11 is 1.90. The predicted molar refractivity (Wildman–Crippen MR) is 89.1 cm³/mol. The zero-order valence-electron chi connectivity index (χ0n) is 12.4. The van der Waals surface area contributed by atoms with Crippen LogP contribution in [0.5, 0.6) is 0 Å². The smallest absolute Gasteiger partial charge is 0.150 e. The van der Waals surface area contributed by atoms with Crippen LogP contribution in [-0.2, 0) is 0 Å². The van der Waals surface area contributed by atoms with E-state index in [1.165, 1.54) is 53.0 Å². The van der Waals surface area contributed by atoms with E-state index in [0.717, 1.165) is 0 Å². The molecule has 108 valence electrons. The van der Waals surface area contributed by atoms with Crippen LogP contribution in [0.2, 0.25) is 0 Å². The number of para-hydroxylation sites is 1. The Kier molecular flexibility index (Phi) is 3.32. The molecule has 3 heteroatoms. The molecule has 21 heavy (non-hydrogen) atoms. The van der Waals surface area contributed by atoms with Crippen molar-refractivity contribution in [2.24, 2.45) is 0 Å². The molecule has 0 saturated carbocycles. The van der Waals surface area contributed by atoms with Crippen molar-refractivity contribution < 1.29 is 4.90 Å². The van der Waals surface area contributed by atoms with Gasteiger partial charge in [0.1, 0.15) is 0 Å². The largest absolute Gasteiger partial charge is 0.358 e. The van der Waals surface area contributed by atoms with Crippen LogP contribution in [0, 0.1) is 6.92 Å².